The van der Waals surface area contributed by atoms with E-state index in [1.165, 1.54) is 6.07 Å². The Morgan fingerprint density at radius 1 is 1.37 bits per heavy atom. The number of hydrogen-bond acceptors (Lipinski definition) is 5. The van der Waals surface area contributed by atoms with Crippen molar-refractivity contribution in [3.8, 4) is 11.5 Å². The average Bonchev–Trinajstić information content (AvgIpc) is 2.43. The average molecular weight is 288 g/mol. The fourth-order valence-electron chi connectivity index (χ4n) is 1.54. The van der Waals surface area contributed by atoms with Crippen LogP contribution in [0.5, 0.6) is 11.5 Å². The molecular formula is C12H14ClNO5. The van der Waals surface area contributed by atoms with Crippen LogP contribution in [-0.4, -0.2) is 39.4 Å². The van der Waals surface area contributed by atoms with Crippen LogP contribution in [0.25, 0.3) is 0 Å². The Hall–Kier alpha value is -1.50. The Kier molecular flexibility index (Phi) is 4.84. The topological polar surface area (TPSA) is 66.0 Å². The van der Waals surface area contributed by atoms with Gasteiger partial charge in [-0.2, -0.15) is 0 Å². The molecule has 1 aliphatic rings. The summed E-state index contributed by atoms with van der Waals surface area (Å²) in [5, 5.41) is 0.333. The van der Waals surface area contributed by atoms with E-state index in [0.29, 0.717) is 41.9 Å². The second-order valence-corrected chi connectivity index (χ2v) is 4.16. The van der Waals surface area contributed by atoms with E-state index in [9.17, 15) is 4.79 Å². The lowest BCUT2D eigenvalue weighted by molar-refractivity contribution is 0.00885. The lowest BCUT2D eigenvalue weighted by atomic mass is 10.2. The third-order valence-electron chi connectivity index (χ3n) is 2.41. The number of hydrogen-bond donors (Lipinski definition) is 1. The molecule has 0 bridgehead atoms. The number of amides is 1. The zero-order valence-corrected chi connectivity index (χ0v) is 11.2. The summed E-state index contributed by atoms with van der Waals surface area (Å²) in [7, 11) is 1.55. The second kappa shape index (κ2) is 6.60. The molecule has 1 amide bonds. The zero-order valence-electron chi connectivity index (χ0n) is 10.4. The molecule has 0 aromatic heterocycles. The minimum atomic E-state index is -0.407. The molecule has 1 N–H and O–H groups in total. The first-order valence-corrected chi connectivity index (χ1v) is 6.10. The van der Waals surface area contributed by atoms with Gasteiger partial charge >= 0.3 is 0 Å². The lowest BCUT2D eigenvalue weighted by Gasteiger charge is -2.20. The monoisotopic (exact) mass is 287 g/mol. The number of carbonyl (C=O) groups is 1. The van der Waals surface area contributed by atoms with Crippen molar-refractivity contribution in [2.45, 2.75) is 0 Å². The fourth-order valence-corrected chi connectivity index (χ4v) is 1.81. The highest BCUT2D eigenvalue weighted by atomic mass is 35.5. The van der Waals surface area contributed by atoms with Gasteiger partial charge in [0, 0.05) is 12.7 Å². The minimum absolute atomic E-state index is 0.264. The van der Waals surface area contributed by atoms with Crippen LogP contribution in [0.3, 0.4) is 0 Å². The Morgan fingerprint density at radius 2 is 2.16 bits per heavy atom. The van der Waals surface area contributed by atoms with Gasteiger partial charge in [-0.1, -0.05) is 11.6 Å². The maximum Gasteiger partial charge on any atom is 0.275 e. The molecule has 0 atom stereocenters. The predicted octanol–water partition coefficient (Wildman–Crippen LogP) is 1.42. The van der Waals surface area contributed by atoms with Gasteiger partial charge in [-0.05, 0) is 12.1 Å². The predicted molar refractivity (Wildman–Crippen MR) is 67.7 cm³/mol. The van der Waals surface area contributed by atoms with E-state index in [2.05, 4.69) is 5.48 Å². The molecule has 2 rings (SSSR count). The van der Waals surface area contributed by atoms with Crippen molar-refractivity contribution >= 4 is 17.5 Å². The zero-order chi connectivity index (χ0) is 13.7. The van der Waals surface area contributed by atoms with Gasteiger partial charge in [0.2, 0.25) is 0 Å². The molecule has 6 nitrogen and oxygen atoms in total. The van der Waals surface area contributed by atoms with Crippen molar-refractivity contribution in [1.29, 1.82) is 0 Å². The summed E-state index contributed by atoms with van der Waals surface area (Å²) in [5.74, 6) is 0.514. The molecule has 0 unspecified atom stereocenters. The minimum Gasteiger partial charge on any atom is -0.486 e. The Morgan fingerprint density at radius 3 is 2.95 bits per heavy atom. The summed E-state index contributed by atoms with van der Waals surface area (Å²) in [4.78, 5) is 16.7. The SMILES string of the molecule is COCCONC(=O)c1cc(Cl)c2c(c1)OCCO2. The number of fused-ring (bicyclic) bond motifs is 1. The molecule has 1 aliphatic heterocycles. The lowest BCUT2D eigenvalue weighted by Crippen LogP contribution is -2.26. The number of hydroxylamine groups is 1. The van der Waals surface area contributed by atoms with E-state index < -0.39 is 5.91 Å². The molecule has 0 saturated heterocycles. The third kappa shape index (κ3) is 3.50. The van der Waals surface area contributed by atoms with Gasteiger partial charge in [0.1, 0.15) is 13.2 Å². The smallest absolute Gasteiger partial charge is 0.275 e. The van der Waals surface area contributed by atoms with Gasteiger partial charge in [0.15, 0.2) is 11.5 Å². The van der Waals surface area contributed by atoms with Gasteiger partial charge in [0.25, 0.3) is 5.91 Å². The second-order valence-electron chi connectivity index (χ2n) is 3.75. The maximum atomic E-state index is 11.8. The summed E-state index contributed by atoms with van der Waals surface area (Å²) in [6.45, 7) is 1.53. The van der Waals surface area contributed by atoms with Crippen molar-refractivity contribution in [2.24, 2.45) is 0 Å². The van der Waals surface area contributed by atoms with Crippen LogP contribution in [-0.2, 0) is 9.57 Å². The van der Waals surface area contributed by atoms with Crippen molar-refractivity contribution in [3.05, 3.63) is 22.7 Å². The molecule has 19 heavy (non-hydrogen) atoms. The van der Waals surface area contributed by atoms with Crippen LogP contribution < -0.4 is 15.0 Å². The molecule has 0 spiro atoms. The van der Waals surface area contributed by atoms with Gasteiger partial charge in [-0.3, -0.25) is 9.63 Å². The quantitative estimate of drug-likeness (QED) is 0.655. The number of rotatable bonds is 5. The molecule has 1 aromatic rings. The number of halogens is 1. The highest BCUT2D eigenvalue weighted by Gasteiger charge is 2.19. The molecule has 104 valence electrons. The first kappa shape index (κ1) is 13.9. The summed E-state index contributed by atoms with van der Waals surface area (Å²) in [5.41, 5.74) is 2.63. The van der Waals surface area contributed by atoms with E-state index in [1.54, 1.807) is 13.2 Å². The van der Waals surface area contributed by atoms with Crippen LogP contribution in [0.15, 0.2) is 12.1 Å². The molecule has 7 heteroatoms. The van der Waals surface area contributed by atoms with Crippen molar-refractivity contribution in [3.63, 3.8) is 0 Å². The maximum absolute atomic E-state index is 11.8. The van der Waals surface area contributed by atoms with Crippen LogP contribution in [0.1, 0.15) is 10.4 Å². The summed E-state index contributed by atoms with van der Waals surface area (Å²) in [6, 6.07) is 3.07. The first-order valence-electron chi connectivity index (χ1n) is 5.72. The van der Waals surface area contributed by atoms with E-state index in [-0.39, 0.29) is 6.61 Å². The normalized spacial score (nSPS) is 13.2. The van der Waals surface area contributed by atoms with E-state index in [0.717, 1.165) is 0 Å². The standard InChI is InChI=1S/C12H14ClNO5/c1-16-2-5-19-14-12(15)8-6-9(13)11-10(7-8)17-3-4-18-11/h6-7H,2-5H2,1H3,(H,14,15). The van der Waals surface area contributed by atoms with Gasteiger partial charge < -0.3 is 14.2 Å². The van der Waals surface area contributed by atoms with Crippen molar-refractivity contribution in [2.75, 3.05) is 33.5 Å². The van der Waals surface area contributed by atoms with Crippen LogP contribution in [0.4, 0.5) is 0 Å². The Balaban J connectivity index is 2.04. The third-order valence-corrected chi connectivity index (χ3v) is 2.69. The van der Waals surface area contributed by atoms with Crippen molar-refractivity contribution in [1.82, 2.24) is 5.48 Å². The van der Waals surface area contributed by atoms with E-state index >= 15 is 0 Å². The molecule has 0 aliphatic carbocycles. The van der Waals surface area contributed by atoms with Crippen LogP contribution >= 0.6 is 11.6 Å². The van der Waals surface area contributed by atoms with Crippen LogP contribution in [0, 0.1) is 0 Å². The van der Waals surface area contributed by atoms with Gasteiger partial charge in [-0.25, -0.2) is 5.48 Å². The highest BCUT2D eigenvalue weighted by molar-refractivity contribution is 6.32. The number of ether oxygens (including phenoxy) is 3. The molecule has 1 aromatic carbocycles. The van der Waals surface area contributed by atoms with Crippen LogP contribution in [0.2, 0.25) is 5.02 Å². The largest absolute Gasteiger partial charge is 0.486 e. The molecule has 0 saturated carbocycles. The Labute approximate surface area is 115 Å². The molecular weight excluding hydrogens is 274 g/mol. The number of benzene rings is 1. The van der Waals surface area contributed by atoms with Gasteiger partial charge in [0.05, 0.1) is 18.2 Å². The summed E-state index contributed by atoms with van der Waals surface area (Å²) < 4.78 is 15.5. The number of carbonyl (C=O) groups excluding carboxylic acids is 1. The van der Waals surface area contributed by atoms with Gasteiger partial charge in [-0.15, -0.1) is 0 Å². The molecule has 0 radical (unpaired) electrons. The van der Waals surface area contributed by atoms with E-state index in [1.807, 2.05) is 0 Å². The first-order chi connectivity index (χ1) is 9.22. The summed E-state index contributed by atoms with van der Waals surface area (Å²) in [6.07, 6.45) is 0. The number of methoxy groups -OCH3 is 1. The highest BCUT2D eigenvalue weighted by Crippen LogP contribution is 2.38. The Bertz CT molecular complexity index is 466. The van der Waals surface area contributed by atoms with Crippen molar-refractivity contribution < 1.29 is 23.8 Å². The fraction of sp³-hybridized carbons (Fsp3) is 0.417. The molecule has 0 fully saturated rings. The molecule has 1 heterocycles. The number of nitrogens with one attached hydrogen (secondary N) is 1. The summed E-state index contributed by atoms with van der Waals surface area (Å²) >= 11 is 6.03. The van der Waals surface area contributed by atoms with E-state index in [4.69, 9.17) is 30.6 Å².